The van der Waals surface area contributed by atoms with E-state index in [4.69, 9.17) is 0 Å². The highest BCUT2D eigenvalue weighted by atomic mass is 19.1. The van der Waals surface area contributed by atoms with E-state index >= 15 is 0 Å². The summed E-state index contributed by atoms with van der Waals surface area (Å²) in [4.78, 5) is 16.1. The Morgan fingerprint density at radius 3 is 2.40 bits per heavy atom. The van der Waals surface area contributed by atoms with Gasteiger partial charge in [-0.15, -0.1) is 0 Å². The molecular weight excluding hydrogens is 322 g/mol. The van der Waals surface area contributed by atoms with Crippen LogP contribution in [0.1, 0.15) is 5.56 Å². The van der Waals surface area contributed by atoms with Gasteiger partial charge in [-0.05, 0) is 54.1 Å². The number of halogens is 2. The number of nitrogens with one attached hydrogen (secondary N) is 1. The lowest BCUT2D eigenvalue weighted by atomic mass is 10.1. The van der Waals surface area contributed by atoms with Crippen molar-refractivity contribution in [1.29, 1.82) is 0 Å². The fraction of sp³-hybridized carbons (Fsp3) is 0. The van der Waals surface area contributed by atoms with E-state index in [9.17, 15) is 13.6 Å². The lowest BCUT2D eigenvalue weighted by Gasteiger charge is -2.03. The molecule has 124 valence electrons. The minimum absolute atomic E-state index is 0.127. The highest BCUT2D eigenvalue weighted by Gasteiger charge is 2.03. The Hall–Kier alpha value is -3.34. The Kier molecular flexibility index (Phi) is 4.95. The van der Waals surface area contributed by atoms with Gasteiger partial charge < -0.3 is 5.32 Å². The van der Waals surface area contributed by atoms with Gasteiger partial charge in [0.2, 0.25) is 5.91 Å². The van der Waals surface area contributed by atoms with Gasteiger partial charge in [0.25, 0.3) is 0 Å². The van der Waals surface area contributed by atoms with Gasteiger partial charge in [0.1, 0.15) is 11.6 Å². The summed E-state index contributed by atoms with van der Waals surface area (Å²) in [6, 6.07) is 15.6. The largest absolute Gasteiger partial charge is 0.320 e. The molecule has 3 rings (SSSR count). The van der Waals surface area contributed by atoms with E-state index in [2.05, 4.69) is 10.3 Å². The van der Waals surface area contributed by atoms with E-state index in [1.165, 1.54) is 30.3 Å². The summed E-state index contributed by atoms with van der Waals surface area (Å²) in [5.41, 5.74) is 2.35. The average Bonchev–Trinajstić information content (AvgIpc) is 2.63. The second kappa shape index (κ2) is 7.49. The van der Waals surface area contributed by atoms with E-state index in [1.807, 2.05) is 0 Å². The molecule has 0 spiro atoms. The topological polar surface area (TPSA) is 42.0 Å². The molecule has 1 heterocycles. The molecule has 0 fully saturated rings. The third-order valence-corrected chi connectivity index (χ3v) is 3.49. The van der Waals surface area contributed by atoms with E-state index in [-0.39, 0.29) is 11.5 Å². The fourth-order valence-electron chi connectivity index (χ4n) is 2.20. The molecule has 1 N–H and O–H groups in total. The molecule has 25 heavy (non-hydrogen) atoms. The molecule has 0 saturated carbocycles. The third kappa shape index (κ3) is 4.35. The summed E-state index contributed by atoms with van der Waals surface area (Å²) in [6.07, 6.45) is 4.49. The number of amides is 1. The van der Waals surface area contributed by atoms with Gasteiger partial charge in [-0.2, -0.15) is 0 Å². The Morgan fingerprint density at radius 1 is 0.960 bits per heavy atom. The summed E-state index contributed by atoms with van der Waals surface area (Å²) in [5.74, 6) is -1.23. The maximum absolute atomic E-state index is 13.5. The van der Waals surface area contributed by atoms with Gasteiger partial charge in [0.05, 0.1) is 11.4 Å². The van der Waals surface area contributed by atoms with Gasteiger partial charge >= 0.3 is 0 Å². The SMILES string of the molecule is O=C(C=Cc1ccc(-c2ccc(F)cc2)nc1)Nc1ccccc1F. The van der Waals surface area contributed by atoms with Crippen LogP contribution >= 0.6 is 0 Å². The van der Waals surface area contributed by atoms with Crippen molar-refractivity contribution in [3.8, 4) is 11.3 Å². The molecule has 0 unspecified atom stereocenters. The lowest BCUT2D eigenvalue weighted by Crippen LogP contribution is -2.08. The zero-order chi connectivity index (χ0) is 17.6. The summed E-state index contributed by atoms with van der Waals surface area (Å²) in [6.45, 7) is 0. The number of nitrogens with zero attached hydrogens (tertiary/aromatic N) is 1. The molecule has 0 aliphatic heterocycles. The van der Waals surface area contributed by atoms with Crippen LogP contribution in [0.3, 0.4) is 0 Å². The molecule has 0 atom stereocenters. The number of pyridine rings is 1. The van der Waals surface area contributed by atoms with Crippen LogP contribution in [0.2, 0.25) is 0 Å². The first-order valence-electron chi connectivity index (χ1n) is 7.57. The van der Waals surface area contributed by atoms with Crippen molar-refractivity contribution in [2.24, 2.45) is 0 Å². The molecule has 0 bridgehead atoms. The summed E-state index contributed by atoms with van der Waals surface area (Å²) < 4.78 is 26.4. The van der Waals surface area contributed by atoms with Gasteiger partial charge in [-0.1, -0.05) is 18.2 Å². The van der Waals surface area contributed by atoms with Crippen molar-refractivity contribution in [3.05, 3.63) is 90.1 Å². The maximum atomic E-state index is 13.5. The molecule has 3 nitrogen and oxygen atoms in total. The number of hydrogen-bond acceptors (Lipinski definition) is 2. The van der Waals surface area contributed by atoms with Crippen LogP contribution in [0.5, 0.6) is 0 Å². The monoisotopic (exact) mass is 336 g/mol. The van der Waals surface area contributed by atoms with E-state index < -0.39 is 11.7 Å². The zero-order valence-electron chi connectivity index (χ0n) is 13.1. The van der Waals surface area contributed by atoms with Crippen molar-refractivity contribution in [3.63, 3.8) is 0 Å². The predicted octanol–water partition coefficient (Wildman–Crippen LogP) is 4.68. The Morgan fingerprint density at radius 2 is 1.72 bits per heavy atom. The van der Waals surface area contributed by atoms with Crippen LogP contribution in [0.25, 0.3) is 17.3 Å². The first-order valence-corrected chi connectivity index (χ1v) is 7.57. The number of anilines is 1. The number of rotatable bonds is 4. The molecule has 2 aromatic carbocycles. The second-order valence-corrected chi connectivity index (χ2v) is 5.29. The highest BCUT2D eigenvalue weighted by molar-refractivity contribution is 6.01. The smallest absolute Gasteiger partial charge is 0.248 e. The molecule has 0 radical (unpaired) electrons. The van der Waals surface area contributed by atoms with Gasteiger partial charge in [0.15, 0.2) is 0 Å². The standard InChI is InChI=1S/C20H14F2N2O/c21-16-9-7-15(8-10-16)18-11-5-14(13-23-18)6-12-20(25)24-19-4-2-1-3-17(19)22/h1-13H,(H,24,25). The molecule has 0 saturated heterocycles. The highest BCUT2D eigenvalue weighted by Crippen LogP contribution is 2.18. The normalized spacial score (nSPS) is 10.8. The van der Waals surface area contributed by atoms with Gasteiger partial charge in [-0.25, -0.2) is 8.78 Å². The van der Waals surface area contributed by atoms with Crippen molar-refractivity contribution in [2.75, 3.05) is 5.32 Å². The fourth-order valence-corrected chi connectivity index (χ4v) is 2.20. The Labute approximate surface area is 143 Å². The van der Waals surface area contributed by atoms with Crippen LogP contribution in [0, 0.1) is 11.6 Å². The number of hydrogen-bond donors (Lipinski definition) is 1. The van der Waals surface area contributed by atoms with Crippen LogP contribution in [-0.2, 0) is 4.79 Å². The minimum Gasteiger partial charge on any atom is -0.320 e. The van der Waals surface area contributed by atoms with Crippen LogP contribution in [-0.4, -0.2) is 10.9 Å². The molecule has 1 aromatic heterocycles. The Balaban J connectivity index is 1.66. The zero-order valence-corrected chi connectivity index (χ0v) is 13.1. The van der Waals surface area contributed by atoms with E-state index in [0.29, 0.717) is 5.69 Å². The van der Waals surface area contributed by atoms with Gasteiger partial charge in [-0.3, -0.25) is 9.78 Å². The van der Waals surface area contributed by atoms with Crippen molar-refractivity contribution in [1.82, 2.24) is 4.98 Å². The van der Waals surface area contributed by atoms with Crippen LogP contribution in [0.4, 0.5) is 14.5 Å². The molecular formula is C20H14F2N2O. The first kappa shape index (κ1) is 16.5. The van der Waals surface area contributed by atoms with Crippen LogP contribution < -0.4 is 5.32 Å². The summed E-state index contributed by atoms with van der Waals surface area (Å²) >= 11 is 0. The van der Waals surface area contributed by atoms with Crippen molar-refractivity contribution >= 4 is 17.7 Å². The number of benzene rings is 2. The number of carbonyl (C=O) groups is 1. The molecule has 3 aromatic rings. The van der Waals surface area contributed by atoms with Crippen molar-refractivity contribution < 1.29 is 13.6 Å². The molecule has 5 heteroatoms. The van der Waals surface area contributed by atoms with Crippen molar-refractivity contribution in [2.45, 2.75) is 0 Å². The lowest BCUT2D eigenvalue weighted by molar-refractivity contribution is -0.111. The summed E-state index contributed by atoms with van der Waals surface area (Å²) in [7, 11) is 0. The second-order valence-electron chi connectivity index (χ2n) is 5.29. The third-order valence-electron chi connectivity index (χ3n) is 3.49. The number of carbonyl (C=O) groups excluding carboxylic acids is 1. The van der Waals surface area contributed by atoms with E-state index in [1.54, 1.807) is 48.7 Å². The quantitative estimate of drug-likeness (QED) is 0.703. The van der Waals surface area contributed by atoms with Crippen LogP contribution in [0.15, 0.2) is 72.9 Å². The maximum Gasteiger partial charge on any atom is 0.248 e. The average molecular weight is 336 g/mol. The number of aromatic nitrogens is 1. The number of para-hydroxylation sites is 1. The minimum atomic E-state index is -0.491. The molecule has 1 amide bonds. The molecule has 0 aliphatic rings. The van der Waals surface area contributed by atoms with E-state index in [0.717, 1.165) is 11.1 Å². The predicted molar refractivity (Wildman–Crippen MR) is 93.7 cm³/mol. The first-order chi connectivity index (χ1) is 12.1. The van der Waals surface area contributed by atoms with Gasteiger partial charge in [0, 0.05) is 17.8 Å². The molecule has 0 aliphatic carbocycles. The Bertz CT molecular complexity index is 904. The summed E-state index contributed by atoms with van der Waals surface area (Å²) in [5, 5.41) is 2.47.